The summed E-state index contributed by atoms with van der Waals surface area (Å²) in [7, 11) is 0. The Labute approximate surface area is 125 Å². The zero-order valence-electron chi connectivity index (χ0n) is 12.1. The van der Waals surface area contributed by atoms with Crippen LogP contribution in [0.25, 0.3) is 0 Å². The predicted octanol–water partition coefficient (Wildman–Crippen LogP) is 2.16. The van der Waals surface area contributed by atoms with E-state index in [9.17, 15) is 4.79 Å². The number of hydrogen-bond donors (Lipinski definition) is 4. The van der Waals surface area contributed by atoms with Crippen molar-refractivity contribution in [3.8, 4) is 0 Å². The van der Waals surface area contributed by atoms with E-state index in [4.69, 9.17) is 23.1 Å². The van der Waals surface area contributed by atoms with E-state index in [2.05, 4.69) is 17.4 Å². The van der Waals surface area contributed by atoms with Gasteiger partial charge in [-0.25, -0.2) is 0 Å². The first-order valence-electron chi connectivity index (χ1n) is 6.11. The van der Waals surface area contributed by atoms with Gasteiger partial charge in [-0.1, -0.05) is 50.3 Å². The first-order valence-corrected chi connectivity index (χ1v) is 6.49. The molecule has 0 unspecified atom stereocenters. The van der Waals surface area contributed by atoms with Gasteiger partial charge in [0.2, 0.25) is 0 Å². The Morgan fingerprint density at radius 2 is 1.75 bits per heavy atom. The topological polar surface area (TPSA) is 93.2 Å². The average Bonchev–Trinajstić information content (AvgIpc) is 2.45. The number of nitrogens with two attached hydrogens (primary N) is 2. The van der Waals surface area contributed by atoms with Crippen molar-refractivity contribution in [1.29, 1.82) is 0 Å². The van der Waals surface area contributed by atoms with Crippen LogP contribution in [0.15, 0.2) is 59.6 Å². The molecule has 0 heterocycles. The summed E-state index contributed by atoms with van der Waals surface area (Å²) >= 11 is 5.41. The van der Waals surface area contributed by atoms with Crippen LogP contribution in [0.3, 0.4) is 0 Å². The fraction of sp³-hybridized carbons (Fsp3) is 0.214. The van der Waals surface area contributed by atoms with E-state index in [1.807, 2.05) is 20.8 Å². The third-order valence-corrected chi connectivity index (χ3v) is 1.82. The number of nitrogens with one attached hydrogen (secondary N) is 2. The molecule has 0 saturated carbocycles. The van der Waals surface area contributed by atoms with Crippen LogP contribution in [-0.4, -0.2) is 5.91 Å². The van der Waals surface area contributed by atoms with Crippen molar-refractivity contribution in [1.82, 2.24) is 10.9 Å². The molecule has 0 aromatic carbocycles. The zero-order chi connectivity index (χ0) is 16.0. The summed E-state index contributed by atoms with van der Waals surface area (Å²) in [5.41, 5.74) is 16.0. The summed E-state index contributed by atoms with van der Waals surface area (Å²) in [5.74, 6) is -0.163. The molecule has 1 amide bonds. The lowest BCUT2D eigenvalue weighted by molar-refractivity contribution is -0.117. The van der Waals surface area contributed by atoms with Crippen molar-refractivity contribution in [2.75, 3.05) is 0 Å². The molecule has 0 aliphatic rings. The minimum absolute atomic E-state index is 0.0887. The second-order valence-corrected chi connectivity index (χ2v) is 3.54. The molecule has 0 bridgehead atoms. The Balaban J connectivity index is 0. The number of carbonyl (C=O) groups is 1. The molecule has 0 aromatic rings. The van der Waals surface area contributed by atoms with Crippen LogP contribution in [0.1, 0.15) is 20.8 Å². The Hall–Kier alpha value is -2.14. The SMILES string of the molecule is C=C/C(=C\C=C/C)C(=O)NN/C(N)=C/C=C(\N)Cl.CC. The molecule has 112 valence electrons. The van der Waals surface area contributed by atoms with E-state index >= 15 is 0 Å². The van der Waals surface area contributed by atoms with Crippen LogP contribution in [-0.2, 0) is 4.79 Å². The van der Waals surface area contributed by atoms with Gasteiger partial charge in [0, 0.05) is 5.57 Å². The molecule has 6 N–H and O–H groups in total. The Morgan fingerprint density at radius 1 is 1.15 bits per heavy atom. The Bertz CT molecular complexity index is 419. The smallest absolute Gasteiger partial charge is 0.269 e. The summed E-state index contributed by atoms with van der Waals surface area (Å²) in [6.45, 7) is 9.39. The quantitative estimate of drug-likeness (QED) is 0.262. The normalized spacial score (nSPS) is 12.5. The molecule has 0 spiro atoms. The van der Waals surface area contributed by atoms with Crippen LogP contribution < -0.4 is 22.3 Å². The lowest BCUT2D eigenvalue weighted by Gasteiger charge is -2.08. The van der Waals surface area contributed by atoms with Crippen molar-refractivity contribution in [3.63, 3.8) is 0 Å². The van der Waals surface area contributed by atoms with Crippen molar-refractivity contribution >= 4 is 17.5 Å². The van der Waals surface area contributed by atoms with Crippen molar-refractivity contribution < 1.29 is 4.79 Å². The van der Waals surface area contributed by atoms with E-state index in [1.165, 1.54) is 18.2 Å². The molecule has 0 atom stereocenters. The van der Waals surface area contributed by atoms with Gasteiger partial charge >= 0.3 is 0 Å². The van der Waals surface area contributed by atoms with Crippen LogP contribution in [0.4, 0.5) is 0 Å². The minimum Gasteiger partial charge on any atom is -0.389 e. The Morgan fingerprint density at radius 3 is 2.20 bits per heavy atom. The highest BCUT2D eigenvalue weighted by atomic mass is 35.5. The largest absolute Gasteiger partial charge is 0.389 e. The van der Waals surface area contributed by atoms with Crippen molar-refractivity contribution in [2.45, 2.75) is 20.8 Å². The number of rotatable bonds is 6. The van der Waals surface area contributed by atoms with E-state index in [0.29, 0.717) is 5.57 Å². The predicted molar refractivity (Wildman–Crippen MR) is 86.1 cm³/mol. The van der Waals surface area contributed by atoms with Crippen molar-refractivity contribution in [2.24, 2.45) is 11.5 Å². The average molecular weight is 299 g/mol. The lowest BCUT2D eigenvalue weighted by Crippen LogP contribution is -2.39. The zero-order valence-corrected chi connectivity index (χ0v) is 12.9. The molecule has 6 heteroatoms. The number of hydrogen-bond acceptors (Lipinski definition) is 4. The number of halogens is 1. The number of amides is 1. The molecule has 0 fully saturated rings. The van der Waals surface area contributed by atoms with E-state index in [0.717, 1.165) is 0 Å². The molecule has 0 saturated heterocycles. The number of allylic oxidation sites excluding steroid dienone is 5. The molecule has 0 aromatic heterocycles. The molecule has 0 aliphatic carbocycles. The molecular weight excluding hydrogens is 276 g/mol. The van der Waals surface area contributed by atoms with Crippen LogP contribution in [0.5, 0.6) is 0 Å². The van der Waals surface area contributed by atoms with E-state index in [1.54, 1.807) is 18.2 Å². The van der Waals surface area contributed by atoms with E-state index in [-0.39, 0.29) is 16.9 Å². The summed E-state index contributed by atoms with van der Waals surface area (Å²) in [4.78, 5) is 11.6. The third-order valence-electron chi connectivity index (χ3n) is 1.69. The maximum atomic E-state index is 11.6. The van der Waals surface area contributed by atoms with Gasteiger partial charge in [0.25, 0.3) is 5.91 Å². The highest BCUT2D eigenvalue weighted by molar-refractivity contribution is 6.29. The maximum Gasteiger partial charge on any atom is 0.269 e. The molecule has 0 radical (unpaired) electrons. The fourth-order valence-electron chi connectivity index (χ4n) is 0.848. The molecule has 5 nitrogen and oxygen atoms in total. The first kappa shape index (κ1) is 20.2. The summed E-state index contributed by atoms with van der Waals surface area (Å²) in [5, 5.41) is 0.0887. The Kier molecular flexibility index (Phi) is 13.4. The van der Waals surface area contributed by atoms with Crippen LogP contribution >= 0.6 is 11.6 Å². The summed E-state index contributed by atoms with van der Waals surface area (Å²) in [6, 6.07) is 0. The third kappa shape index (κ3) is 11.0. The highest BCUT2D eigenvalue weighted by Gasteiger charge is 2.03. The number of carbonyl (C=O) groups excluding carboxylic acids is 1. The van der Waals surface area contributed by atoms with Gasteiger partial charge in [-0.05, 0) is 25.2 Å². The maximum absolute atomic E-state index is 11.6. The molecule has 20 heavy (non-hydrogen) atoms. The monoisotopic (exact) mass is 298 g/mol. The first-order chi connectivity index (χ1) is 9.51. The van der Waals surface area contributed by atoms with Crippen LogP contribution in [0.2, 0.25) is 0 Å². The van der Waals surface area contributed by atoms with Crippen LogP contribution in [0, 0.1) is 0 Å². The molecule has 0 rings (SSSR count). The van der Waals surface area contributed by atoms with Gasteiger partial charge in [-0.2, -0.15) is 0 Å². The second kappa shape index (κ2) is 13.3. The highest BCUT2D eigenvalue weighted by Crippen LogP contribution is 1.96. The van der Waals surface area contributed by atoms with Crippen molar-refractivity contribution in [3.05, 3.63) is 59.6 Å². The molecular formula is C14H23ClN4O. The summed E-state index contributed by atoms with van der Waals surface area (Å²) < 4.78 is 0. The standard InChI is InChI=1S/C12H17ClN4O.C2H6/c1-3-5-6-9(4-2)12(18)17-16-11(15)8-7-10(13)14;1-2/h3-8,16H,2,14-15H2,1H3,(H,17,18);1-2H3/b5-3-,9-6+,10-7-,11-8+;. The molecule has 0 aliphatic heterocycles. The number of hydrazine groups is 1. The van der Waals surface area contributed by atoms with E-state index < -0.39 is 0 Å². The van der Waals surface area contributed by atoms with Gasteiger partial charge in [0.15, 0.2) is 0 Å². The van der Waals surface area contributed by atoms with Gasteiger partial charge in [-0.15, -0.1) is 0 Å². The fourth-order valence-corrected chi connectivity index (χ4v) is 0.911. The summed E-state index contributed by atoms with van der Waals surface area (Å²) in [6.07, 6.45) is 9.40. The van der Waals surface area contributed by atoms with Gasteiger partial charge < -0.3 is 11.5 Å². The minimum atomic E-state index is -0.359. The van der Waals surface area contributed by atoms with Gasteiger partial charge in [-0.3, -0.25) is 15.6 Å². The lowest BCUT2D eigenvalue weighted by atomic mass is 10.2. The second-order valence-electron chi connectivity index (χ2n) is 3.10. The van der Waals surface area contributed by atoms with Gasteiger partial charge in [0.1, 0.15) is 5.82 Å². The van der Waals surface area contributed by atoms with Gasteiger partial charge in [0.05, 0.1) is 5.16 Å².